The second-order valence-corrected chi connectivity index (χ2v) is 7.70. The van der Waals surface area contributed by atoms with E-state index in [-0.39, 0.29) is 17.6 Å². The Morgan fingerprint density at radius 3 is 2.45 bits per heavy atom. The lowest BCUT2D eigenvalue weighted by Gasteiger charge is -2.31. The topological polar surface area (TPSA) is 101 Å². The quantitative estimate of drug-likeness (QED) is 0.779. The van der Waals surface area contributed by atoms with Crippen molar-refractivity contribution in [3.05, 3.63) is 11.3 Å². The van der Waals surface area contributed by atoms with Crippen LogP contribution in [0.15, 0.2) is 5.03 Å². The number of nitrogens with zero attached hydrogens (tertiary/aromatic N) is 1. The summed E-state index contributed by atoms with van der Waals surface area (Å²) in [7, 11) is -3.60. The number of sulfonamides is 1. The highest BCUT2D eigenvalue weighted by molar-refractivity contribution is 7.89. The molecule has 1 heterocycles. The summed E-state index contributed by atoms with van der Waals surface area (Å²) >= 11 is 0. The van der Waals surface area contributed by atoms with Crippen molar-refractivity contribution in [1.82, 2.24) is 14.9 Å². The van der Waals surface area contributed by atoms with E-state index in [0.29, 0.717) is 23.1 Å². The lowest BCUT2D eigenvalue weighted by molar-refractivity contribution is 0.257. The number of aromatic amines is 1. The maximum Gasteiger partial charge on any atom is 0.260 e. The van der Waals surface area contributed by atoms with Crippen LogP contribution in [0.1, 0.15) is 44.4 Å². The average Bonchev–Trinajstić information content (AvgIpc) is 2.68. The summed E-state index contributed by atoms with van der Waals surface area (Å²) in [6.07, 6.45) is 2.92. The van der Waals surface area contributed by atoms with Crippen LogP contribution < -0.4 is 10.5 Å². The summed E-state index contributed by atoms with van der Waals surface area (Å²) < 4.78 is 27.7. The highest BCUT2D eigenvalue weighted by Gasteiger charge is 2.30. The van der Waals surface area contributed by atoms with Gasteiger partial charge in [0.25, 0.3) is 10.0 Å². The molecule has 2 unspecified atom stereocenters. The fourth-order valence-corrected chi connectivity index (χ4v) is 4.68. The molecule has 0 aliphatic heterocycles. The van der Waals surface area contributed by atoms with Crippen molar-refractivity contribution in [3.8, 4) is 0 Å². The Morgan fingerprint density at radius 1 is 1.30 bits per heavy atom. The third-order valence-corrected chi connectivity index (χ3v) is 5.49. The van der Waals surface area contributed by atoms with Gasteiger partial charge in [-0.2, -0.15) is 5.10 Å². The summed E-state index contributed by atoms with van der Waals surface area (Å²) in [5.41, 5.74) is 6.89. The van der Waals surface area contributed by atoms with Crippen molar-refractivity contribution in [2.24, 2.45) is 17.6 Å². The van der Waals surface area contributed by atoms with Crippen molar-refractivity contribution < 1.29 is 8.42 Å². The van der Waals surface area contributed by atoms with Gasteiger partial charge in [-0.15, -0.1) is 0 Å². The summed E-state index contributed by atoms with van der Waals surface area (Å²) in [6.45, 7) is 6.27. The van der Waals surface area contributed by atoms with E-state index in [9.17, 15) is 8.42 Å². The Balaban J connectivity index is 2.18. The third-order valence-electron chi connectivity index (χ3n) is 3.99. The molecule has 6 nitrogen and oxygen atoms in total. The highest BCUT2D eigenvalue weighted by atomic mass is 32.2. The van der Waals surface area contributed by atoms with E-state index in [2.05, 4.69) is 28.8 Å². The summed E-state index contributed by atoms with van der Waals surface area (Å²) in [6, 6.07) is -0.0126. The zero-order valence-corrected chi connectivity index (χ0v) is 13.1. The Hall–Kier alpha value is -0.920. The maximum atomic E-state index is 12.5. The molecule has 7 heteroatoms. The standard InChI is InChI=1S/C13H24N4O2S/c1-8-4-9(2)6-11(5-8)17-20(18,19)13-12(7-14)10(3)15-16-13/h8-9,11,17H,4-7,14H2,1-3H3,(H,15,16). The first-order chi connectivity index (χ1) is 9.33. The molecule has 2 atom stereocenters. The van der Waals surface area contributed by atoms with Crippen molar-refractivity contribution in [2.75, 3.05) is 0 Å². The predicted octanol–water partition coefficient (Wildman–Crippen LogP) is 1.28. The van der Waals surface area contributed by atoms with Gasteiger partial charge >= 0.3 is 0 Å². The molecule has 0 amide bonds. The van der Waals surface area contributed by atoms with Crippen LogP contribution in [0.25, 0.3) is 0 Å². The Morgan fingerprint density at radius 2 is 1.90 bits per heavy atom. The van der Waals surface area contributed by atoms with Gasteiger partial charge in [0.15, 0.2) is 5.03 Å². The average molecular weight is 300 g/mol. The molecule has 1 fully saturated rings. The van der Waals surface area contributed by atoms with Gasteiger partial charge in [0, 0.05) is 23.8 Å². The SMILES string of the molecule is Cc1[nH]nc(S(=O)(=O)NC2CC(C)CC(C)C2)c1CN. The van der Waals surface area contributed by atoms with Gasteiger partial charge in [-0.1, -0.05) is 13.8 Å². The summed E-state index contributed by atoms with van der Waals surface area (Å²) in [5, 5.41) is 6.65. The van der Waals surface area contributed by atoms with Crippen LogP contribution in [-0.2, 0) is 16.6 Å². The minimum absolute atomic E-state index is 0.0126. The van der Waals surface area contributed by atoms with E-state index >= 15 is 0 Å². The zero-order chi connectivity index (χ0) is 14.9. The van der Waals surface area contributed by atoms with Gasteiger partial charge in [0.05, 0.1) is 0 Å². The Kier molecular flexibility index (Phi) is 4.51. The molecule has 0 radical (unpaired) electrons. The first-order valence-electron chi connectivity index (χ1n) is 7.09. The van der Waals surface area contributed by atoms with E-state index in [4.69, 9.17) is 5.73 Å². The molecule has 1 aromatic heterocycles. The number of hydrogen-bond donors (Lipinski definition) is 3. The molecule has 1 aromatic rings. The van der Waals surface area contributed by atoms with E-state index < -0.39 is 10.0 Å². The lowest BCUT2D eigenvalue weighted by atomic mass is 9.81. The van der Waals surface area contributed by atoms with Gasteiger partial charge < -0.3 is 5.73 Å². The van der Waals surface area contributed by atoms with E-state index in [0.717, 1.165) is 19.3 Å². The number of nitrogens with one attached hydrogen (secondary N) is 2. The largest absolute Gasteiger partial charge is 0.326 e. The number of hydrogen-bond acceptors (Lipinski definition) is 4. The molecular weight excluding hydrogens is 276 g/mol. The molecule has 0 aromatic carbocycles. The fourth-order valence-electron chi connectivity index (χ4n) is 3.21. The van der Waals surface area contributed by atoms with Crippen LogP contribution in [0.3, 0.4) is 0 Å². The fraction of sp³-hybridized carbons (Fsp3) is 0.769. The number of nitrogens with two attached hydrogens (primary N) is 1. The molecular formula is C13H24N4O2S. The van der Waals surface area contributed by atoms with E-state index in [1.165, 1.54) is 0 Å². The molecule has 0 saturated heterocycles. The second-order valence-electron chi connectivity index (χ2n) is 6.07. The number of rotatable bonds is 4. The van der Waals surface area contributed by atoms with Crippen molar-refractivity contribution in [3.63, 3.8) is 0 Å². The molecule has 0 bridgehead atoms. The molecule has 4 N–H and O–H groups in total. The Labute approximate surface area is 120 Å². The third kappa shape index (κ3) is 3.21. The summed E-state index contributed by atoms with van der Waals surface area (Å²) in [4.78, 5) is 0. The Bertz CT molecular complexity index is 557. The molecule has 1 aliphatic carbocycles. The normalized spacial score (nSPS) is 27.7. The molecule has 114 valence electrons. The van der Waals surface area contributed by atoms with Gasteiger partial charge in [0.2, 0.25) is 0 Å². The van der Waals surface area contributed by atoms with E-state index in [1.807, 2.05) is 0 Å². The van der Waals surface area contributed by atoms with Gasteiger partial charge in [-0.05, 0) is 38.0 Å². The molecule has 0 spiro atoms. The first kappa shape index (κ1) is 15.5. The van der Waals surface area contributed by atoms with Gasteiger partial charge in [-0.25, -0.2) is 13.1 Å². The monoisotopic (exact) mass is 300 g/mol. The number of aromatic nitrogens is 2. The van der Waals surface area contributed by atoms with E-state index in [1.54, 1.807) is 6.92 Å². The van der Waals surface area contributed by atoms with Crippen LogP contribution in [0.4, 0.5) is 0 Å². The van der Waals surface area contributed by atoms with Crippen molar-refractivity contribution >= 4 is 10.0 Å². The number of H-pyrrole nitrogens is 1. The minimum atomic E-state index is -3.60. The van der Waals surface area contributed by atoms with Gasteiger partial charge in [-0.3, -0.25) is 5.10 Å². The van der Waals surface area contributed by atoms with Crippen LogP contribution in [0.2, 0.25) is 0 Å². The molecule has 1 aliphatic rings. The van der Waals surface area contributed by atoms with Crippen LogP contribution >= 0.6 is 0 Å². The highest BCUT2D eigenvalue weighted by Crippen LogP contribution is 2.29. The van der Waals surface area contributed by atoms with Crippen molar-refractivity contribution in [2.45, 2.75) is 57.6 Å². The van der Waals surface area contributed by atoms with Gasteiger partial charge in [0.1, 0.15) is 0 Å². The second kappa shape index (κ2) is 5.83. The molecule has 2 rings (SSSR count). The van der Waals surface area contributed by atoms with Crippen LogP contribution in [0, 0.1) is 18.8 Å². The van der Waals surface area contributed by atoms with Crippen molar-refractivity contribution in [1.29, 1.82) is 0 Å². The minimum Gasteiger partial charge on any atom is -0.326 e. The maximum absolute atomic E-state index is 12.5. The zero-order valence-electron chi connectivity index (χ0n) is 12.3. The lowest BCUT2D eigenvalue weighted by Crippen LogP contribution is -2.40. The smallest absolute Gasteiger partial charge is 0.260 e. The summed E-state index contributed by atoms with van der Waals surface area (Å²) in [5.74, 6) is 1.09. The van der Waals surface area contributed by atoms with Crippen LogP contribution in [-0.4, -0.2) is 24.7 Å². The first-order valence-corrected chi connectivity index (χ1v) is 8.58. The van der Waals surface area contributed by atoms with Crippen LogP contribution in [0.5, 0.6) is 0 Å². The molecule has 1 saturated carbocycles. The number of aryl methyl sites for hydroxylation is 1. The molecule has 20 heavy (non-hydrogen) atoms. The predicted molar refractivity (Wildman–Crippen MR) is 77.5 cm³/mol.